The van der Waals surface area contributed by atoms with Crippen molar-refractivity contribution in [3.63, 3.8) is 0 Å². The van der Waals surface area contributed by atoms with E-state index in [1.807, 2.05) is 18.2 Å². The number of aliphatic carboxylic acids is 1. The van der Waals surface area contributed by atoms with Crippen LogP contribution in [-0.2, 0) is 9.59 Å². The maximum Gasteiger partial charge on any atom is 0.307 e. The lowest BCUT2D eigenvalue weighted by molar-refractivity contribution is -0.146. The van der Waals surface area contributed by atoms with Crippen LogP contribution in [0.2, 0.25) is 0 Å². The molecule has 0 aliphatic heterocycles. The molecule has 6 heteroatoms. The number of carbonyl (C=O) groups is 2. The molecule has 1 aromatic heterocycles. The van der Waals surface area contributed by atoms with E-state index in [1.165, 1.54) is 0 Å². The third kappa shape index (κ3) is 2.65. The van der Waals surface area contributed by atoms with Gasteiger partial charge in [-0.1, -0.05) is 12.2 Å². The van der Waals surface area contributed by atoms with Gasteiger partial charge in [-0.15, -0.1) is 0 Å². The van der Waals surface area contributed by atoms with Gasteiger partial charge in [0.25, 0.3) is 0 Å². The molecule has 21 heavy (non-hydrogen) atoms. The number of aromatic nitrogens is 2. The Balaban J connectivity index is 1.78. The third-order valence-electron chi connectivity index (χ3n) is 3.80. The molecule has 1 heterocycles. The minimum absolute atomic E-state index is 0.259. The number of benzene rings is 1. The number of carboxylic acid groups (broad SMARTS) is 1. The predicted octanol–water partition coefficient (Wildman–Crippen LogP) is 2.17. The Morgan fingerprint density at radius 1 is 1.24 bits per heavy atom. The van der Waals surface area contributed by atoms with Crippen LogP contribution in [0.3, 0.4) is 0 Å². The summed E-state index contributed by atoms with van der Waals surface area (Å²) in [7, 11) is 0. The van der Waals surface area contributed by atoms with Crippen LogP contribution in [0, 0.1) is 11.8 Å². The highest BCUT2D eigenvalue weighted by Crippen LogP contribution is 2.27. The quantitative estimate of drug-likeness (QED) is 0.753. The lowest BCUT2D eigenvalue weighted by Crippen LogP contribution is -2.34. The van der Waals surface area contributed by atoms with Gasteiger partial charge in [-0.3, -0.25) is 14.7 Å². The number of nitrogens with zero attached hydrogens (tertiary/aromatic N) is 1. The summed E-state index contributed by atoms with van der Waals surface area (Å²) < 4.78 is 0. The number of allylic oxidation sites excluding steroid dienone is 2. The van der Waals surface area contributed by atoms with Gasteiger partial charge in [-0.2, -0.15) is 5.10 Å². The topological polar surface area (TPSA) is 95.1 Å². The number of hydrogen-bond acceptors (Lipinski definition) is 3. The average molecular weight is 285 g/mol. The smallest absolute Gasteiger partial charge is 0.307 e. The first-order chi connectivity index (χ1) is 10.1. The van der Waals surface area contributed by atoms with Crippen molar-refractivity contribution < 1.29 is 14.7 Å². The molecule has 1 aromatic carbocycles. The highest BCUT2D eigenvalue weighted by Gasteiger charge is 2.33. The summed E-state index contributed by atoms with van der Waals surface area (Å²) in [6.45, 7) is 0. The summed E-state index contributed by atoms with van der Waals surface area (Å²) >= 11 is 0. The van der Waals surface area contributed by atoms with E-state index in [0.717, 1.165) is 10.9 Å². The molecule has 2 aromatic rings. The van der Waals surface area contributed by atoms with Crippen molar-refractivity contribution in [2.75, 3.05) is 5.32 Å². The van der Waals surface area contributed by atoms with Crippen LogP contribution >= 0.6 is 0 Å². The Hall–Kier alpha value is -2.63. The van der Waals surface area contributed by atoms with E-state index < -0.39 is 17.8 Å². The van der Waals surface area contributed by atoms with Gasteiger partial charge in [0.05, 0.1) is 23.5 Å². The average Bonchev–Trinajstić information content (AvgIpc) is 2.94. The van der Waals surface area contributed by atoms with E-state index >= 15 is 0 Å². The number of nitrogens with one attached hydrogen (secondary N) is 2. The molecule has 1 aliphatic rings. The number of hydrogen-bond donors (Lipinski definition) is 3. The minimum atomic E-state index is -0.927. The molecule has 1 aliphatic carbocycles. The number of fused-ring (bicyclic) bond motifs is 1. The van der Waals surface area contributed by atoms with Crippen molar-refractivity contribution in [1.29, 1.82) is 0 Å². The van der Waals surface area contributed by atoms with Crippen LogP contribution in [0.1, 0.15) is 12.8 Å². The van der Waals surface area contributed by atoms with E-state index in [9.17, 15) is 14.7 Å². The zero-order valence-electron chi connectivity index (χ0n) is 11.2. The number of anilines is 1. The number of amides is 1. The fourth-order valence-corrected chi connectivity index (χ4v) is 2.63. The van der Waals surface area contributed by atoms with Crippen molar-refractivity contribution in [2.24, 2.45) is 11.8 Å². The molecule has 0 spiro atoms. The maximum atomic E-state index is 12.3. The summed E-state index contributed by atoms with van der Waals surface area (Å²) in [5.41, 5.74) is 1.46. The molecule has 108 valence electrons. The molecule has 0 unspecified atom stereocenters. The van der Waals surface area contributed by atoms with Crippen molar-refractivity contribution >= 4 is 28.5 Å². The Morgan fingerprint density at radius 2 is 2.00 bits per heavy atom. The highest BCUT2D eigenvalue weighted by atomic mass is 16.4. The van der Waals surface area contributed by atoms with Gasteiger partial charge in [0, 0.05) is 11.1 Å². The largest absolute Gasteiger partial charge is 0.481 e. The van der Waals surface area contributed by atoms with Crippen molar-refractivity contribution in [2.45, 2.75) is 12.8 Å². The first kappa shape index (κ1) is 13.4. The zero-order valence-corrected chi connectivity index (χ0v) is 11.2. The Labute approximate surface area is 120 Å². The SMILES string of the molecule is O=C(Nc1ccc2cn[nH]c2c1)[C@H]1CC=CC[C@H]1C(=O)O. The molecule has 0 bridgehead atoms. The third-order valence-corrected chi connectivity index (χ3v) is 3.80. The second kappa shape index (κ2) is 5.40. The summed E-state index contributed by atoms with van der Waals surface area (Å²) in [5, 5.41) is 19.7. The lowest BCUT2D eigenvalue weighted by atomic mass is 9.82. The van der Waals surface area contributed by atoms with E-state index in [-0.39, 0.29) is 5.91 Å². The van der Waals surface area contributed by atoms with Crippen molar-refractivity contribution in [3.8, 4) is 0 Å². The number of H-pyrrole nitrogens is 1. The second-order valence-electron chi connectivity index (χ2n) is 5.16. The number of aromatic amines is 1. The van der Waals surface area contributed by atoms with E-state index in [2.05, 4.69) is 15.5 Å². The standard InChI is InChI=1S/C15H15N3O3/c19-14(11-3-1-2-4-12(11)15(20)21)17-10-6-5-9-8-16-18-13(9)7-10/h1-2,5-8,11-12H,3-4H2,(H,16,18)(H,17,19)(H,20,21)/t11-,12+/m0/s1. The first-order valence-electron chi connectivity index (χ1n) is 6.77. The van der Waals surface area contributed by atoms with Crippen molar-refractivity contribution in [3.05, 3.63) is 36.5 Å². The molecule has 0 saturated heterocycles. The van der Waals surface area contributed by atoms with E-state index in [0.29, 0.717) is 18.5 Å². The number of carbonyl (C=O) groups excluding carboxylic acids is 1. The second-order valence-corrected chi connectivity index (χ2v) is 5.16. The van der Waals surface area contributed by atoms with Crippen LogP contribution in [-0.4, -0.2) is 27.2 Å². The molecule has 0 fully saturated rings. The van der Waals surface area contributed by atoms with Crippen LogP contribution in [0.15, 0.2) is 36.5 Å². The first-order valence-corrected chi connectivity index (χ1v) is 6.77. The Kier molecular flexibility index (Phi) is 3.43. The highest BCUT2D eigenvalue weighted by molar-refractivity contribution is 5.97. The van der Waals surface area contributed by atoms with Gasteiger partial charge in [0.15, 0.2) is 0 Å². The Morgan fingerprint density at radius 3 is 2.76 bits per heavy atom. The van der Waals surface area contributed by atoms with Gasteiger partial charge in [-0.25, -0.2) is 0 Å². The Bertz CT molecular complexity index is 720. The predicted molar refractivity (Wildman–Crippen MR) is 77.7 cm³/mol. The lowest BCUT2D eigenvalue weighted by Gasteiger charge is -2.24. The zero-order chi connectivity index (χ0) is 14.8. The normalized spacial score (nSPS) is 21.3. The molecule has 2 atom stereocenters. The number of rotatable bonds is 3. The molecule has 0 radical (unpaired) electrons. The summed E-state index contributed by atoms with van der Waals surface area (Å²) in [6, 6.07) is 5.42. The fraction of sp³-hybridized carbons (Fsp3) is 0.267. The minimum Gasteiger partial charge on any atom is -0.481 e. The molecular weight excluding hydrogens is 270 g/mol. The summed E-state index contributed by atoms with van der Waals surface area (Å²) in [5.74, 6) is -2.38. The summed E-state index contributed by atoms with van der Waals surface area (Å²) in [6.07, 6.45) is 6.23. The van der Waals surface area contributed by atoms with Gasteiger partial charge < -0.3 is 10.4 Å². The molecule has 6 nitrogen and oxygen atoms in total. The number of carboxylic acids is 1. The van der Waals surface area contributed by atoms with Crippen LogP contribution in [0.5, 0.6) is 0 Å². The van der Waals surface area contributed by atoms with Crippen LogP contribution in [0.4, 0.5) is 5.69 Å². The van der Waals surface area contributed by atoms with Crippen LogP contribution in [0.25, 0.3) is 10.9 Å². The molecule has 1 amide bonds. The van der Waals surface area contributed by atoms with E-state index in [4.69, 9.17) is 0 Å². The molecular formula is C15H15N3O3. The van der Waals surface area contributed by atoms with Crippen molar-refractivity contribution in [1.82, 2.24) is 10.2 Å². The molecule has 3 rings (SSSR count). The fourth-order valence-electron chi connectivity index (χ4n) is 2.63. The van der Waals surface area contributed by atoms with Gasteiger partial charge in [0.1, 0.15) is 0 Å². The monoisotopic (exact) mass is 285 g/mol. The van der Waals surface area contributed by atoms with E-state index in [1.54, 1.807) is 18.3 Å². The van der Waals surface area contributed by atoms with Gasteiger partial charge in [-0.05, 0) is 31.0 Å². The van der Waals surface area contributed by atoms with Gasteiger partial charge in [0.2, 0.25) is 5.91 Å². The maximum absolute atomic E-state index is 12.3. The molecule has 3 N–H and O–H groups in total. The van der Waals surface area contributed by atoms with Crippen LogP contribution < -0.4 is 5.32 Å². The molecule has 0 saturated carbocycles. The summed E-state index contributed by atoms with van der Waals surface area (Å²) in [4.78, 5) is 23.6. The van der Waals surface area contributed by atoms with Gasteiger partial charge >= 0.3 is 5.97 Å².